The molecule has 0 unspecified atom stereocenters. The van der Waals surface area contributed by atoms with Gasteiger partial charge in [0.1, 0.15) is 10.7 Å². The minimum absolute atomic E-state index is 0.0306. The van der Waals surface area contributed by atoms with Crippen LogP contribution in [0.4, 0.5) is 9.93 Å². The third kappa shape index (κ3) is 4.14. The van der Waals surface area contributed by atoms with Crippen LogP contribution in [0.15, 0.2) is 30.6 Å². The summed E-state index contributed by atoms with van der Waals surface area (Å²) < 4.78 is 1.97. The standard InChI is InChI=1S/C17H22N6OS/c1-4-17(2,3)14-21-22-16(25-14)20-15(24)18-9-8-12-11-23-10-6-5-7-13(23)19-12/h5-7,10-11H,4,8-9H2,1-3H3,(H2,18,20,22,24). The van der Waals surface area contributed by atoms with Gasteiger partial charge >= 0.3 is 6.03 Å². The molecule has 0 aliphatic heterocycles. The maximum absolute atomic E-state index is 12.0. The molecule has 7 nitrogen and oxygen atoms in total. The first-order chi connectivity index (χ1) is 12.0. The van der Waals surface area contributed by atoms with Gasteiger partial charge in [-0.3, -0.25) is 5.32 Å². The van der Waals surface area contributed by atoms with Crippen molar-refractivity contribution < 1.29 is 4.79 Å². The van der Waals surface area contributed by atoms with E-state index < -0.39 is 0 Å². The van der Waals surface area contributed by atoms with Crippen LogP contribution in [0.2, 0.25) is 0 Å². The molecule has 0 saturated heterocycles. The van der Waals surface area contributed by atoms with Crippen molar-refractivity contribution >= 4 is 28.1 Å². The summed E-state index contributed by atoms with van der Waals surface area (Å²) >= 11 is 1.42. The molecule has 132 valence electrons. The van der Waals surface area contributed by atoms with Gasteiger partial charge in [0.15, 0.2) is 0 Å². The number of nitrogens with one attached hydrogen (secondary N) is 2. The number of hydrogen-bond donors (Lipinski definition) is 2. The van der Waals surface area contributed by atoms with Crippen LogP contribution in [0.5, 0.6) is 0 Å². The first-order valence-corrected chi connectivity index (χ1v) is 9.11. The average Bonchev–Trinajstić information content (AvgIpc) is 3.21. The zero-order valence-corrected chi connectivity index (χ0v) is 15.4. The molecular weight excluding hydrogens is 336 g/mol. The summed E-state index contributed by atoms with van der Waals surface area (Å²) in [4.78, 5) is 16.5. The summed E-state index contributed by atoms with van der Waals surface area (Å²) in [5.74, 6) is 0. The van der Waals surface area contributed by atoms with E-state index in [0.717, 1.165) is 22.8 Å². The summed E-state index contributed by atoms with van der Waals surface area (Å²) in [5.41, 5.74) is 1.81. The summed E-state index contributed by atoms with van der Waals surface area (Å²) in [7, 11) is 0. The average molecular weight is 358 g/mol. The van der Waals surface area contributed by atoms with Gasteiger partial charge in [0.25, 0.3) is 0 Å². The number of hydrogen-bond acceptors (Lipinski definition) is 5. The zero-order chi connectivity index (χ0) is 17.9. The Balaban J connectivity index is 1.50. The van der Waals surface area contributed by atoms with Crippen LogP contribution in [0.25, 0.3) is 5.65 Å². The highest BCUT2D eigenvalue weighted by molar-refractivity contribution is 7.15. The van der Waals surface area contributed by atoms with Crippen molar-refractivity contribution in [3.8, 4) is 0 Å². The molecular formula is C17H22N6OS. The van der Waals surface area contributed by atoms with E-state index in [2.05, 4.69) is 46.6 Å². The Bertz CT molecular complexity index is 836. The van der Waals surface area contributed by atoms with E-state index in [-0.39, 0.29) is 11.4 Å². The number of anilines is 1. The lowest BCUT2D eigenvalue weighted by atomic mass is 9.91. The Labute approximate surface area is 150 Å². The molecule has 3 aromatic heterocycles. The molecule has 0 atom stereocenters. The van der Waals surface area contributed by atoms with E-state index in [0.29, 0.717) is 18.1 Å². The van der Waals surface area contributed by atoms with Gasteiger partial charge in [-0.25, -0.2) is 9.78 Å². The van der Waals surface area contributed by atoms with Crippen LogP contribution in [0.3, 0.4) is 0 Å². The van der Waals surface area contributed by atoms with E-state index in [1.54, 1.807) is 0 Å². The van der Waals surface area contributed by atoms with Crippen molar-refractivity contribution in [2.45, 2.75) is 39.0 Å². The second kappa shape index (κ2) is 7.18. The van der Waals surface area contributed by atoms with Gasteiger partial charge in [0.2, 0.25) is 5.13 Å². The Morgan fingerprint density at radius 2 is 2.16 bits per heavy atom. The number of fused-ring (bicyclic) bond motifs is 1. The van der Waals surface area contributed by atoms with Gasteiger partial charge in [0.05, 0.1) is 5.69 Å². The monoisotopic (exact) mass is 358 g/mol. The third-order valence-corrected chi connectivity index (χ3v) is 5.39. The van der Waals surface area contributed by atoms with Gasteiger partial charge in [-0.2, -0.15) is 0 Å². The molecule has 0 fully saturated rings. The molecule has 2 N–H and O–H groups in total. The minimum atomic E-state index is -0.277. The number of carbonyl (C=O) groups excluding carboxylic acids is 1. The fraction of sp³-hybridized carbons (Fsp3) is 0.412. The number of pyridine rings is 1. The molecule has 0 aromatic carbocycles. The molecule has 3 aromatic rings. The Hall–Kier alpha value is -2.48. The van der Waals surface area contributed by atoms with E-state index in [1.807, 2.05) is 35.0 Å². The minimum Gasteiger partial charge on any atom is -0.337 e. The number of aromatic nitrogens is 4. The number of nitrogens with zero attached hydrogens (tertiary/aromatic N) is 4. The predicted octanol–water partition coefficient (Wildman–Crippen LogP) is 3.24. The van der Waals surface area contributed by atoms with Crippen molar-refractivity contribution in [2.75, 3.05) is 11.9 Å². The molecule has 3 heterocycles. The zero-order valence-electron chi connectivity index (χ0n) is 14.6. The normalized spacial score (nSPS) is 11.6. The fourth-order valence-corrected chi connectivity index (χ4v) is 3.16. The van der Waals surface area contributed by atoms with Crippen molar-refractivity contribution in [2.24, 2.45) is 0 Å². The number of urea groups is 1. The molecule has 0 saturated carbocycles. The van der Waals surface area contributed by atoms with Crippen LogP contribution in [0, 0.1) is 0 Å². The maximum atomic E-state index is 12.0. The molecule has 25 heavy (non-hydrogen) atoms. The van der Waals surface area contributed by atoms with Gasteiger partial charge in [0, 0.05) is 30.8 Å². The molecule has 0 bridgehead atoms. The smallest absolute Gasteiger partial charge is 0.321 e. The van der Waals surface area contributed by atoms with Crippen molar-refractivity contribution in [3.05, 3.63) is 41.3 Å². The quantitative estimate of drug-likeness (QED) is 0.708. The Kier molecular flexibility index (Phi) is 4.98. The number of amides is 2. The fourth-order valence-electron chi connectivity index (χ4n) is 2.25. The summed E-state index contributed by atoms with van der Waals surface area (Å²) in [6.45, 7) is 6.85. The molecule has 2 amide bonds. The molecule has 0 aliphatic rings. The third-order valence-electron chi connectivity index (χ3n) is 4.19. The first kappa shape index (κ1) is 17.3. The van der Waals surface area contributed by atoms with Crippen molar-refractivity contribution in [1.82, 2.24) is 24.9 Å². The van der Waals surface area contributed by atoms with E-state index in [4.69, 9.17) is 0 Å². The topological polar surface area (TPSA) is 84.2 Å². The number of imidazole rings is 1. The SMILES string of the molecule is CCC(C)(C)c1nnc(NC(=O)NCCc2cn3ccccc3n2)s1. The van der Waals surface area contributed by atoms with Crippen LogP contribution in [-0.2, 0) is 11.8 Å². The predicted molar refractivity (Wildman–Crippen MR) is 99.1 cm³/mol. The summed E-state index contributed by atoms with van der Waals surface area (Å²) in [6, 6.07) is 5.59. The van der Waals surface area contributed by atoms with Gasteiger partial charge in [-0.1, -0.05) is 38.2 Å². The van der Waals surface area contributed by atoms with Gasteiger partial charge < -0.3 is 9.72 Å². The lowest BCUT2D eigenvalue weighted by molar-refractivity contribution is 0.252. The van der Waals surface area contributed by atoms with E-state index >= 15 is 0 Å². The molecule has 8 heteroatoms. The second-order valence-electron chi connectivity index (χ2n) is 6.48. The largest absolute Gasteiger partial charge is 0.337 e. The van der Waals surface area contributed by atoms with Crippen LogP contribution < -0.4 is 10.6 Å². The van der Waals surface area contributed by atoms with Crippen LogP contribution in [0.1, 0.15) is 37.9 Å². The number of carbonyl (C=O) groups is 1. The van der Waals surface area contributed by atoms with Crippen LogP contribution >= 0.6 is 11.3 Å². The number of rotatable bonds is 6. The molecule has 0 aliphatic carbocycles. The Morgan fingerprint density at radius 1 is 1.32 bits per heavy atom. The summed E-state index contributed by atoms with van der Waals surface area (Å²) in [6.07, 6.45) is 5.56. The molecule has 3 rings (SSSR count). The highest BCUT2D eigenvalue weighted by Gasteiger charge is 2.23. The lowest BCUT2D eigenvalue weighted by Crippen LogP contribution is -2.30. The highest BCUT2D eigenvalue weighted by Crippen LogP contribution is 2.30. The first-order valence-electron chi connectivity index (χ1n) is 8.29. The van der Waals surface area contributed by atoms with Crippen LogP contribution in [-0.4, -0.2) is 32.2 Å². The molecule has 0 spiro atoms. The summed E-state index contributed by atoms with van der Waals surface area (Å²) in [5, 5.41) is 15.2. The van der Waals surface area contributed by atoms with Gasteiger partial charge in [-0.05, 0) is 18.6 Å². The van der Waals surface area contributed by atoms with Gasteiger partial charge in [-0.15, -0.1) is 10.2 Å². The molecule has 0 radical (unpaired) electrons. The van der Waals surface area contributed by atoms with Crippen molar-refractivity contribution in [1.29, 1.82) is 0 Å². The second-order valence-corrected chi connectivity index (χ2v) is 7.46. The van der Waals surface area contributed by atoms with E-state index in [1.165, 1.54) is 11.3 Å². The Morgan fingerprint density at radius 3 is 2.92 bits per heavy atom. The maximum Gasteiger partial charge on any atom is 0.321 e. The highest BCUT2D eigenvalue weighted by atomic mass is 32.1. The van der Waals surface area contributed by atoms with Crippen molar-refractivity contribution in [3.63, 3.8) is 0 Å². The van der Waals surface area contributed by atoms with E-state index in [9.17, 15) is 4.79 Å². The lowest BCUT2D eigenvalue weighted by Gasteiger charge is -2.17.